The number of aliphatic hydroxyl groups excluding tert-OH is 1. The third-order valence-corrected chi connectivity index (χ3v) is 11.3. The highest BCUT2D eigenvalue weighted by Gasteiger charge is 2.72. The normalized spacial score (nSPS) is 45.1. The Labute approximate surface area is 214 Å². The van der Waals surface area contributed by atoms with Crippen LogP contribution in [0.3, 0.4) is 0 Å². The highest BCUT2D eigenvalue weighted by molar-refractivity contribution is 5.67. The number of fused-ring (bicyclic) bond motifs is 5. The van der Waals surface area contributed by atoms with E-state index in [1.807, 2.05) is 6.26 Å². The van der Waals surface area contributed by atoms with Gasteiger partial charge in [0.2, 0.25) is 0 Å². The van der Waals surface area contributed by atoms with Crippen molar-refractivity contribution in [2.75, 3.05) is 0 Å². The first-order chi connectivity index (χ1) is 16.8. The second-order valence-corrected chi connectivity index (χ2v) is 13.2. The van der Waals surface area contributed by atoms with Crippen LogP contribution in [0.2, 0.25) is 0 Å². The number of hydrogen-bond acceptors (Lipinski definition) is 6. The molecule has 0 bridgehead atoms. The van der Waals surface area contributed by atoms with Crippen molar-refractivity contribution in [3.8, 4) is 0 Å². The van der Waals surface area contributed by atoms with E-state index in [1.54, 1.807) is 6.26 Å². The molecule has 5 rings (SSSR count). The van der Waals surface area contributed by atoms with E-state index < -0.39 is 16.9 Å². The Bertz CT molecular complexity index is 1070. The summed E-state index contributed by atoms with van der Waals surface area (Å²) < 4.78 is 17.7. The summed E-state index contributed by atoms with van der Waals surface area (Å²) in [7, 11) is 0. The molecule has 0 aliphatic heterocycles. The largest absolute Gasteiger partial charge is 0.472 e. The van der Waals surface area contributed by atoms with Crippen molar-refractivity contribution in [2.45, 2.75) is 105 Å². The van der Waals surface area contributed by atoms with E-state index in [0.717, 1.165) is 19.3 Å². The summed E-state index contributed by atoms with van der Waals surface area (Å²) in [6, 6.07) is 2.07. The van der Waals surface area contributed by atoms with Gasteiger partial charge in [-0.25, -0.2) is 0 Å². The number of aliphatic hydroxyl groups is 1. The molecule has 6 nitrogen and oxygen atoms in total. The molecule has 0 aromatic carbocycles. The number of furan rings is 1. The van der Waals surface area contributed by atoms with Gasteiger partial charge in [0.05, 0.1) is 18.6 Å². The molecule has 4 aliphatic carbocycles. The van der Waals surface area contributed by atoms with E-state index in [2.05, 4.69) is 46.8 Å². The van der Waals surface area contributed by atoms with Gasteiger partial charge in [-0.2, -0.15) is 0 Å². The van der Waals surface area contributed by atoms with Gasteiger partial charge in [0.1, 0.15) is 12.2 Å². The first-order valence-corrected chi connectivity index (χ1v) is 13.5. The minimum atomic E-state index is -0.604. The molecule has 1 heterocycles. The molecule has 3 fully saturated rings. The molecular formula is C30H42O6. The number of hydrogen-bond donors (Lipinski definition) is 1. The second-order valence-electron chi connectivity index (χ2n) is 13.2. The molecule has 0 amide bonds. The molecule has 198 valence electrons. The van der Waals surface area contributed by atoms with Gasteiger partial charge in [-0.15, -0.1) is 0 Å². The average molecular weight is 499 g/mol. The molecule has 9 atom stereocenters. The molecule has 1 N–H and O–H groups in total. The molecule has 1 aromatic rings. The van der Waals surface area contributed by atoms with Crippen molar-refractivity contribution in [1.82, 2.24) is 0 Å². The fourth-order valence-electron chi connectivity index (χ4n) is 9.57. The third kappa shape index (κ3) is 3.32. The lowest BCUT2D eigenvalue weighted by Gasteiger charge is -2.69. The number of esters is 2. The van der Waals surface area contributed by atoms with Gasteiger partial charge >= 0.3 is 11.9 Å². The number of ether oxygens (including phenoxy) is 2. The van der Waals surface area contributed by atoms with Gasteiger partial charge in [-0.1, -0.05) is 46.3 Å². The molecule has 0 saturated heterocycles. The summed E-state index contributed by atoms with van der Waals surface area (Å²) in [5.41, 5.74) is 1.34. The summed E-state index contributed by atoms with van der Waals surface area (Å²) in [6.45, 7) is 14.1. The lowest BCUT2D eigenvalue weighted by molar-refractivity contribution is -0.258. The van der Waals surface area contributed by atoms with E-state index in [9.17, 15) is 14.7 Å². The predicted octanol–water partition coefficient (Wildman–Crippen LogP) is 5.80. The number of carbonyl (C=O) groups is 2. The Balaban J connectivity index is 1.66. The van der Waals surface area contributed by atoms with Gasteiger partial charge in [-0.3, -0.25) is 9.59 Å². The maximum atomic E-state index is 12.5. The fourth-order valence-corrected chi connectivity index (χ4v) is 9.57. The van der Waals surface area contributed by atoms with Crippen molar-refractivity contribution in [3.63, 3.8) is 0 Å². The maximum absolute atomic E-state index is 12.5. The van der Waals surface area contributed by atoms with Crippen LogP contribution in [-0.4, -0.2) is 35.4 Å². The van der Waals surface area contributed by atoms with Crippen LogP contribution in [0.4, 0.5) is 0 Å². The van der Waals surface area contributed by atoms with E-state index in [0.29, 0.717) is 18.8 Å². The minimum Gasteiger partial charge on any atom is -0.472 e. The molecule has 1 aromatic heterocycles. The number of allylic oxidation sites excluding steroid dienone is 1. The molecule has 6 heteroatoms. The molecule has 36 heavy (non-hydrogen) atoms. The molecule has 4 aliphatic rings. The fraction of sp³-hybridized carbons (Fsp3) is 0.733. The first kappa shape index (κ1) is 25.6. The lowest BCUT2D eigenvalue weighted by Crippen LogP contribution is -2.70. The summed E-state index contributed by atoms with van der Waals surface area (Å²) >= 11 is 0. The highest BCUT2D eigenvalue weighted by Crippen LogP contribution is 2.74. The zero-order chi connectivity index (χ0) is 26.3. The van der Waals surface area contributed by atoms with Crippen LogP contribution in [0.25, 0.3) is 0 Å². The Morgan fingerprint density at radius 3 is 2.28 bits per heavy atom. The van der Waals surface area contributed by atoms with Crippen molar-refractivity contribution < 1.29 is 28.6 Å². The molecule has 3 saturated carbocycles. The lowest BCUT2D eigenvalue weighted by atomic mass is 9.36. The smallest absolute Gasteiger partial charge is 0.302 e. The zero-order valence-electron chi connectivity index (χ0n) is 22.8. The van der Waals surface area contributed by atoms with Crippen LogP contribution in [0.15, 0.2) is 34.7 Å². The Morgan fingerprint density at radius 1 is 1.00 bits per heavy atom. The van der Waals surface area contributed by atoms with Gasteiger partial charge < -0.3 is 19.0 Å². The van der Waals surface area contributed by atoms with E-state index in [1.165, 1.54) is 25.0 Å². The van der Waals surface area contributed by atoms with E-state index in [4.69, 9.17) is 13.9 Å². The van der Waals surface area contributed by atoms with Crippen molar-refractivity contribution >= 4 is 11.9 Å². The Kier molecular flexibility index (Phi) is 5.83. The quantitative estimate of drug-likeness (QED) is 0.419. The van der Waals surface area contributed by atoms with E-state index >= 15 is 0 Å². The molecule has 0 radical (unpaired) electrons. The van der Waals surface area contributed by atoms with Crippen LogP contribution >= 0.6 is 0 Å². The van der Waals surface area contributed by atoms with Crippen LogP contribution < -0.4 is 0 Å². The SMILES string of the molecule is CC(=O)OC1CC2C(C)(C)C(O)CC(OC(C)=O)C2(C)C2CCC3(C)C(=CCC3c3ccoc3)C12C. The van der Waals surface area contributed by atoms with Crippen molar-refractivity contribution in [2.24, 2.45) is 33.5 Å². The third-order valence-electron chi connectivity index (χ3n) is 11.3. The summed E-state index contributed by atoms with van der Waals surface area (Å²) in [4.78, 5) is 24.7. The Morgan fingerprint density at radius 2 is 1.67 bits per heavy atom. The van der Waals surface area contributed by atoms with Gasteiger partial charge in [0.15, 0.2) is 0 Å². The molecule has 9 unspecified atom stereocenters. The van der Waals surface area contributed by atoms with Crippen molar-refractivity contribution in [1.29, 1.82) is 0 Å². The van der Waals surface area contributed by atoms with Crippen LogP contribution in [0.5, 0.6) is 0 Å². The maximum Gasteiger partial charge on any atom is 0.302 e. The van der Waals surface area contributed by atoms with Crippen LogP contribution in [0, 0.1) is 33.5 Å². The zero-order valence-corrected chi connectivity index (χ0v) is 22.8. The topological polar surface area (TPSA) is 86.0 Å². The first-order valence-electron chi connectivity index (χ1n) is 13.5. The van der Waals surface area contributed by atoms with Crippen molar-refractivity contribution in [3.05, 3.63) is 35.8 Å². The van der Waals surface area contributed by atoms with Gasteiger partial charge in [0.25, 0.3) is 0 Å². The summed E-state index contributed by atoms with van der Waals surface area (Å²) in [6.07, 6.45) is 8.64. The van der Waals surface area contributed by atoms with Gasteiger partial charge in [-0.05, 0) is 65.9 Å². The monoisotopic (exact) mass is 498 g/mol. The predicted molar refractivity (Wildman–Crippen MR) is 135 cm³/mol. The standard InChI is InChI=1S/C30H42O6/c1-17(31)35-25-14-23-27(3,4)24(33)15-26(36-18(2)32)30(23,7)22-10-12-28(5)20(19-11-13-34-16-19)8-9-21(28)29(22,25)6/h9,11,13,16,20,22-26,33H,8,10,12,14-15H2,1-7H3. The van der Waals surface area contributed by atoms with Crippen LogP contribution in [0.1, 0.15) is 92.1 Å². The summed E-state index contributed by atoms with van der Waals surface area (Å²) in [5, 5.41) is 11.2. The van der Waals surface area contributed by atoms with Gasteiger partial charge in [0, 0.05) is 31.1 Å². The Hall–Kier alpha value is -2.08. The highest BCUT2D eigenvalue weighted by atomic mass is 16.5. The minimum absolute atomic E-state index is 0.0246. The number of carbonyl (C=O) groups excluding carboxylic acids is 2. The van der Waals surface area contributed by atoms with Crippen LogP contribution in [-0.2, 0) is 19.1 Å². The molecular weight excluding hydrogens is 456 g/mol. The number of rotatable bonds is 3. The summed E-state index contributed by atoms with van der Waals surface area (Å²) in [5.74, 6) is -0.104. The second kappa shape index (κ2) is 8.21. The average Bonchev–Trinajstić information content (AvgIpc) is 3.41. The molecule has 0 spiro atoms. The van der Waals surface area contributed by atoms with E-state index in [-0.39, 0.29) is 46.8 Å².